The molecule has 1 aliphatic rings. The van der Waals surface area contributed by atoms with Gasteiger partial charge in [0, 0.05) is 45.4 Å². The Balaban J connectivity index is 2.82. The van der Waals surface area contributed by atoms with Gasteiger partial charge in [0.25, 0.3) is 0 Å². The van der Waals surface area contributed by atoms with Gasteiger partial charge in [-0.1, -0.05) is 0 Å². The summed E-state index contributed by atoms with van der Waals surface area (Å²) in [5, 5.41) is 3.31. The van der Waals surface area contributed by atoms with E-state index in [9.17, 15) is 4.79 Å². The lowest BCUT2D eigenvalue weighted by atomic mass is 9.89. The Kier molecular flexibility index (Phi) is 9.21. The summed E-state index contributed by atoms with van der Waals surface area (Å²) in [7, 11) is 6.15. The van der Waals surface area contributed by atoms with E-state index in [1.807, 2.05) is 37.6 Å². The summed E-state index contributed by atoms with van der Waals surface area (Å²) in [5.74, 6) is 0.919. The third-order valence-electron chi connectivity index (χ3n) is 5.08. The van der Waals surface area contributed by atoms with Crippen LogP contribution in [0.2, 0.25) is 0 Å². The second-order valence-electron chi connectivity index (χ2n) is 6.82. The Morgan fingerprint density at radius 2 is 1.72 bits per heavy atom. The summed E-state index contributed by atoms with van der Waals surface area (Å²) in [6.07, 6.45) is 1.95. The molecule has 0 atom stereocenters. The number of guanidine groups is 1. The Hall–Kier alpha value is -1.34. The number of nitrogens with one attached hydrogen (secondary N) is 1. The fourth-order valence-corrected chi connectivity index (χ4v) is 3.14. The van der Waals surface area contributed by atoms with E-state index in [-0.39, 0.29) is 11.4 Å². The molecule has 0 unspecified atom stereocenters. The predicted molar refractivity (Wildman–Crippen MR) is 103 cm³/mol. The number of ether oxygens (including phenoxy) is 1. The van der Waals surface area contributed by atoms with Gasteiger partial charge >= 0.3 is 0 Å². The first-order chi connectivity index (χ1) is 11.9. The van der Waals surface area contributed by atoms with Gasteiger partial charge in [0.2, 0.25) is 5.91 Å². The predicted octanol–water partition coefficient (Wildman–Crippen LogP) is 0.863. The van der Waals surface area contributed by atoms with Crippen LogP contribution in [-0.2, 0) is 9.53 Å². The van der Waals surface area contributed by atoms with Crippen LogP contribution in [0.5, 0.6) is 0 Å². The van der Waals surface area contributed by atoms with Crippen LogP contribution >= 0.6 is 0 Å². The summed E-state index contributed by atoms with van der Waals surface area (Å²) < 4.78 is 5.53. The second-order valence-corrected chi connectivity index (χ2v) is 6.82. The number of carbonyl (C=O) groups is 1. The number of nitrogens with zero attached hydrogens (tertiary/aromatic N) is 4. The molecule has 1 fully saturated rings. The third kappa shape index (κ3) is 6.15. The zero-order valence-electron chi connectivity index (χ0n) is 17.0. The molecule has 0 aliphatic carbocycles. The van der Waals surface area contributed by atoms with Gasteiger partial charge < -0.3 is 24.8 Å². The van der Waals surface area contributed by atoms with Crippen molar-refractivity contribution < 1.29 is 9.53 Å². The molecule has 0 saturated carbocycles. The Morgan fingerprint density at radius 3 is 2.20 bits per heavy atom. The minimum atomic E-state index is 0.0304. The first-order valence-corrected chi connectivity index (χ1v) is 9.42. The molecule has 146 valence electrons. The molecule has 0 aromatic carbocycles. The molecule has 1 heterocycles. The van der Waals surface area contributed by atoms with Crippen LogP contribution in [0, 0.1) is 0 Å². The van der Waals surface area contributed by atoms with Crippen molar-refractivity contribution in [3.8, 4) is 0 Å². The summed E-state index contributed by atoms with van der Waals surface area (Å²) in [6.45, 7) is 10.9. The number of rotatable bonds is 8. The van der Waals surface area contributed by atoms with Crippen molar-refractivity contribution in [3.05, 3.63) is 0 Å². The molecule has 7 heteroatoms. The highest BCUT2D eigenvalue weighted by atomic mass is 16.5. The van der Waals surface area contributed by atoms with Crippen molar-refractivity contribution in [1.29, 1.82) is 0 Å². The maximum absolute atomic E-state index is 12.4. The SMILES string of the molecule is CCNC(=NCC1(N(C)C)CCOCC1)N(C)CC(=O)N(CC)CC. The molecule has 25 heavy (non-hydrogen) atoms. The van der Waals surface area contributed by atoms with Gasteiger partial charge in [0.05, 0.1) is 13.1 Å². The summed E-state index contributed by atoms with van der Waals surface area (Å²) in [5.41, 5.74) is 0.0304. The molecule has 1 saturated heterocycles. The minimum Gasteiger partial charge on any atom is -0.381 e. The molecular formula is C18H37N5O2. The zero-order valence-corrected chi connectivity index (χ0v) is 17.0. The van der Waals surface area contributed by atoms with E-state index >= 15 is 0 Å². The van der Waals surface area contributed by atoms with Gasteiger partial charge in [0.15, 0.2) is 5.96 Å². The van der Waals surface area contributed by atoms with E-state index in [4.69, 9.17) is 9.73 Å². The van der Waals surface area contributed by atoms with Crippen LogP contribution in [0.1, 0.15) is 33.6 Å². The normalized spacial score (nSPS) is 17.5. The van der Waals surface area contributed by atoms with Gasteiger partial charge in [-0.15, -0.1) is 0 Å². The van der Waals surface area contributed by atoms with Crippen LogP contribution < -0.4 is 5.32 Å². The average molecular weight is 356 g/mol. The number of likely N-dealkylation sites (N-methyl/N-ethyl adjacent to an activating group) is 3. The van der Waals surface area contributed by atoms with Crippen LogP contribution in [0.3, 0.4) is 0 Å². The van der Waals surface area contributed by atoms with Crippen LogP contribution in [0.4, 0.5) is 0 Å². The first kappa shape index (κ1) is 21.7. The number of carbonyl (C=O) groups excluding carboxylic acids is 1. The van der Waals surface area contributed by atoms with Gasteiger partial charge in [0.1, 0.15) is 0 Å². The van der Waals surface area contributed by atoms with Gasteiger partial charge in [-0.3, -0.25) is 9.79 Å². The fourth-order valence-electron chi connectivity index (χ4n) is 3.14. The minimum absolute atomic E-state index is 0.0304. The zero-order chi connectivity index (χ0) is 18.9. The monoisotopic (exact) mass is 355 g/mol. The summed E-state index contributed by atoms with van der Waals surface area (Å²) >= 11 is 0. The molecule has 0 aromatic rings. The van der Waals surface area contributed by atoms with Crippen molar-refractivity contribution in [2.75, 3.05) is 67.1 Å². The van der Waals surface area contributed by atoms with E-state index in [1.165, 1.54) is 0 Å². The fraction of sp³-hybridized carbons (Fsp3) is 0.889. The summed E-state index contributed by atoms with van der Waals surface area (Å²) in [4.78, 5) is 23.3. The standard InChI is InChI=1S/C18H37N5O2/c1-7-19-17(22(6)14-16(24)23(8-2)9-3)20-15-18(21(4)5)10-12-25-13-11-18/h7-15H2,1-6H3,(H,19,20). The molecule has 1 amide bonds. The molecule has 1 N–H and O–H groups in total. The van der Waals surface area contributed by atoms with Crippen molar-refractivity contribution in [2.24, 2.45) is 4.99 Å². The highest BCUT2D eigenvalue weighted by Gasteiger charge is 2.34. The topological polar surface area (TPSA) is 60.4 Å². The lowest BCUT2D eigenvalue weighted by Gasteiger charge is -2.42. The number of hydrogen-bond acceptors (Lipinski definition) is 4. The molecule has 0 bridgehead atoms. The lowest BCUT2D eigenvalue weighted by molar-refractivity contribution is -0.131. The van der Waals surface area contributed by atoms with E-state index in [2.05, 4.69) is 24.3 Å². The Bertz CT molecular complexity index is 429. The highest BCUT2D eigenvalue weighted by Crippen LogP contribution is 2.26. The highest BCUT2D eigenvalue weighted by molar-refractivity contribution is 5.86. The molecule has 1 rings (SSSR count). The molecule has 0 radical (unpaired) electrons. The maximum atomic E-state index is 12.4. The smallest absolute Gasteiger partial charge is 0.242 e. The molecule has 0 spiro atoms. The van der Waals surface area contributed by atoms with Gasteiger partial charge in [-0.25, -0.2) is 0 Å². The van der Waals surface area contributed by atoms with Crippen molar-refractivity contribution in [3.63, 3.8) is 0 Å². The van der Waals surface area contributed by atoms with Crippen molar-refractivity contribution in [2.45, 2.75) is 39.2 Å². The van der Waals surface area contributed by atoms with Crippen LogP contribution in [0.15, 0.2) is 4.99 Å². The van der Waals surface area contributed by atoms with Gasteiger partial charge in [-0.2, -0.15) is 0 Å². The van der Waals surface area contributed by atoms with Crippen LogP contribution in [-0.4, -0.2) is 99.2 Å². The third-order valence-corrected chi connectivity index (χ3v) is 5.08. The number of amides is 1. The Morgan fingerprint density at radius 1 is 1.12 bits per heavy atom. The van der Waals surface area contributed by atoms with Crippen molar-refractivity contribution >= 4 is 11.9 Å². The first-order valence-electron chi connectivity index (χ1n) is 9.42. The van der Waals surface area contributed by atoms with E-state index in [0.29, 0.717) is 13.1 Å². The molecular weight excluding hydrogens is 318 g/mol. The summed E-state index contributed by atoms with van der Waals surface area (Å²) in [6, 6.07) is 0. The van der Waals surface area contributed by atoms with Gasteiger partial charge in [-0.05, 0) is 47.7 Å². The quantitative estimate of drug-likeness (QED) is 0.517. The van der Waals surface area contributed by atoms with E-state index in [1.54, 1.807) is 0 Å². The van der Waals surface area contributed by atoms with Crippen molar-refractivity contribution in [1.82, 2.24) is 20.0 Å². The number of hydrogen-bond donors (Lipinski definition) is 1. The molecule has 1 aliphatic heterocycles. The van der Waals surface area contributed by atoms with E-state index in [0.717, 1.165) is 51.6 Å². The van der Waals surface area contributed by atoms with E-state index < -0.39 is 0 Å². The van der Waals surface area contributed by atoms with Crippen LogP contribution in [0.25, 0.3) is 0 Å². The second kappa shape index (κ2) is 10.6. The maximum Gasteiger partial charge on any atom is 0.242 e. The number of aliphatic imine (C=N–C) groups is 1. The largest absolute Gasteiger partial charge is 0.381 e. The average Bonchev–Trinajstić information content (AvgIpc) is 2.60. The lowest BCUT2D eigenvalue weighted by Crippen LogP contribution is -2.52. The molecule has 7 nitrogen and oxygen atoms in total. The Labute approximate surface area is 153 Å². The molecule has 0 aromatic heterocycles.